The van der Waals surface area contributed by atoms with Gasteiger partial charge in [0.25, 0.3) is 0 Å². The molecule has 0 atom stereocenters. The summed E-state index contributed by atoms with van der Waals surface area (Å²) < 4.78 is 0. The second-order valence-electron chi connectivity index (χ2n) is 4.93. The second kappa shape index (κ2) is 5.79. The van der Waals surface area contributed by atoms with Gasteiger partial charge in [-0.1, -0.05) is 51.7 Å². The molecule has 86 valence electrons. The van der Waals surface area contributed by atoms with Crippen LogP contribution >= 0.6 is 11.8 Å². The van der Waals surface area contributed by atoms with Gasteiger partial charge in [-0.15, -0.1) is 11.8 Å². The third-order valence-electron chi connectivity index (χ3n) is 2.96. The van der Waals surface area contributed by atoms with Crippen LogP contribution in [0.25, 0.3) is 0 Å². The van der Waals surface area contributed by atoms with Crippen LogP contribution in [0.15, 0.2) is 22.0 Å². The highest BCUT2D eigenvalue weighted by Crippen LogP contribution is 2.41. The van der Waals surface area contributed by atoms with Crippen LogP contribution in [0.1, 0.15) is 59.8 Å². The molecule has 0 fully saturated rings. The third-order valence-corrected chi connectivity index (χ3v) is 3.84. The molecule has 0 aliphatic carbocycles. The van der Waals surface area contributed by atoms with Gasteiger partial charge < -0.3 is 0 Å². The van der Waals surface area contributed by atoms with Crippen molar-refractivity contribution in [2.75, 3.05) is 0 Å². The summed E-state index contributed by atoms with van der Waals surface area (Å²) in [6.45, 7) is 9.09. The Bertz CT molecular complexity index is 243. The lowest BCUT2D eigenvalue weighted by Crippen LogP contribution is -2.13. The number of unbranched alkanes of at least 4 members (excludes halogenated alkanes) is 3. The van der Waals surface area contributed by atoms with E-state index < -0.39 is 0 Å². The number of hydrogen-bond donors (Lipinski definition) is 0. The molecule has 15 heavy (non-hydrogen) atoms. The molecule has 0 bridgehead atoms. The molecule has 1 rings (SSSR count). The zero-order chi connectivity index (χ0) is 11.3. The van der Waals surface area contributed by atoms with E-state index in [2.05, 4.69) is 39.8 Å². The number of allylic oxidation sites excluding steroid dienone is 4. The second-order valence-corrected chi connectivity index (χ2v) is 6.42. The highest BCUT2D eigenvalue weighted by Gasteiger charge is 2.22. The lowest BCUT2D eigenvalue weighted by molar-refractivity contribution is 0.457. The maximum Gasteiger partial charge on any atom is 0.00544 e. The van der Waals surface area contributed by atoms with E-state index in [0.29, 0.717) is 5.41 Å². The zero-order valence-electron chi connectivity index (χ0n) is 10.6. The van der Waals surface area contributed by atoms with Crippen molar-refractivity contribution in [2.24, 2.45) is 5.41 Å². The highest BCUT2D eigenvalue weighted by atomic mass is 32.2. The number of rotatable bonds is 5. The third kappa shape index (κ3) is 4.46. The molecule has 1 heterocycles. The van der Waals surface area contributed by atoms with E-state index in [4.69, 9.17) is 0 Å². The smallest absolute Gasteiger partial charge is 0.00544 e. The number of thioether (sulfide) groups is 1. The van der Waals surface area contributed by atoms with Gasteiger partial charge in [0.2, 0.25) is 0 Å². The van der Waals surface area contributed by atoms with E-state index in [0.717, 1.165) is 0 Å². The van der Waals surface area contributed by atoms with Crippen molar-refractivity contribution < 1.29 is 0 Å². The molecule has 0 aromatic heterocycles. The molecule has 0 unspecified atom stereocenters. The van der Waals surface area contributed by atoms with E-state index in [1.807, 2.05) is 11.8 Å². The van der Waals surface area contributed by atoms with Gasteiger partial charge in [0.15, 0.2) is 0 Å². The Hall–Kier alpha value is -0.170. The Morgan fingerprint density at radius 1 is 1.07 bits per heavy atom. The fourth-order valence-electron chi connectivity index (χ4n) is 2.36. The van der Waals surface area contributed by atoms with Crippen molar-refractivity contribution in [3.05, 3.63) is 22.0 Å². The first-order chi connectivity index (χ1) is 7.06. The van der Waals surface area contributed by atoms with Gasteiger partial charge in [-0.05, 0) is 30.1 Å². The van der Waals surface area contributed by atoms with Gasteiger partial charge in [-0.2, -0.15) is 0 Å². The van der Waals surface area contributed by atoms with Crippen molar-refractivity contribution in [3.63, 3.8) is 0 Å². The van der Waals surface area contributed by atoms with Crippen molar-refractivity contribution in [2.45, 2.75) is 59.8 Å². The van der Waals surface area contributed by atoms with Gasteiger partial charge in [-0.3, -0.25) is 0 Å². The minimum Gasteiger partial charge on any atom is -0.100 e. The molecule has 0 saturated heterocycles. The van der Waals surface area contributed by atoms with E-state index in [-0.39, 0.29) is 0 Å². The maximum atomic E-state index is 2.44. The topological polar surface area (TPSA) is 0 Å². The summed E-state index contributed by atoms with van der Waals surface area (Å²) >= 11 is 1.91. The van der Waals surface area contributed by atoms with Crippen LogP contribution in [0, 0.1) is 5.41 Å². The summed E-state index contributed by atoms with van der Waals surface area (Å²) in [6.07, 6.45) is 11.7. The summed E-state index contributed by atoms with van der Waals surface area (Å²) in [4.78, 5) is 2.93. The largest absolute Gasteiger partial charge is 0.100 e. The van der Waals surface area contributed by atoms with Crippen molar-refractivity contribution >= 4 is 11.8 Å². The summed E-state index contributed by atoms with van der Waals surface area (Å²) in [5.74, 6) is 0. The molecule has 1 aliphatic heterocycles. The Labute approximate surface area is 99.2 Å². The molecule has 0 aromatic carbocycles. The Balaban J connectivity index is 2.46. The van der Waals surface area contributed by atoms with Crippen LogP contribution in [0.4, 0.5) is 0 Å². The van der Waals surface area contributed by atoms with Crippen molar-refractivity contribution in [3.8, 4) is 0 Å². The average molecular weight is 224 g/mol. The quantitative estimate of drug-likeness (QED) is 0.554. The molecule has 0 amide bonds. The first-order valence-corrected chi connectivity index (χ1v) is 6.94. The molecule has 0 radical (unpaired) electrons. The standard InChI is InChI=1S/C14H24S/c1-5-6-7-8-9-14(4)10-12(2)15-13(3)11-14/h10-11H,5-9H2,1-4H3. The van der Waals surface area contributed by atoms with Crippen LogP contribution in [-0.4, -0.2) is 0 Å². The van der Waals surface area contributed by atoms with Crippen LogP contribution < -0.4 is 0 Å². The van der Waals surface area contributed by atoms with Crippen LogP contribution in [0.3, 0.4) is 0 Å². The van der Waals surface area contributed by atoms with Gasteiger partial charge in [0.05, 0.1) is 0 Å². The van der Waals surface area contributed by atoms with Gasteiger partial charge >= 0.3 is 0 Å². The molecule has 1 aliphatic rings. The van der Waals surface area contributed by atoms with Crippen molar-refractivity contribution in [1.29, 1.82) is 0 Å². The fraction of sp³-hybridized carbons (Fsp3) is 0.714. The summed E-state index contributed by atoms with van der Waals surface area (Å²) in [6, 6.07) is 0. The first-order valence-electron chi connectivity index (χ1n) is 6.12. The summed E-state index contributed by atoms with van der Waals surface area (Å²) in [5, 5.41) is 0. The molecule has 0 spiro atoms. The van der Waals surface area contributed by atoms with Gasteiger partial charge in [-0.25, -0.2) is 0 Å². The minimum atomic E-state index is 0.327. The summed E-state index contributed by atoms with van der Waals surface area (Å²) in [7, 11) is 0. The SMILES string of the molecule is CCCCCCC1(C)C=C(C)SC(C)=C1. The van der Waals surface area contributed by atoms with Crippen LogP contribution in [0.5, 0.6) is 0 Å². The van der Waals surface area contributed by atoms with E-state index in [1.165, 1.54) is 41.9 Å². The molecule has 0 aromatic rings. The number of hydrogen-bond acceptors (Lipinski definition) is 1. The minimum absolute atomic E-state index is 0.327. The van der Waals surface area contributed by atoms with Crippen LogP contribution in [0.2, 0.25) is 0 Å². The lowest BCUT2D eigenvalue weighted by Gasteiger charge is -2.27. The summed E-state index contributed by atoms with van der Waals surface area (Å²) in [5.41, 5.74) is 0.327. The van der Waals surface area contributed by atoms with Gasteiger partial charge in [0, 0.05) is 5.41 Å². The maximum absolute atomic E-state index is 2.44. The Morgan fingerprint density at radius 2 is 1.67 bits per heavy atom. The van der Waals surface area contributed by atoms with Crippen LogP contribution in [-0.2, 0) is 0 Å². The molecule has 0 N–H and O–H groups in total. The highest BCUT2D eigenvalue weighted by molar-refractivity contribution is 8.06. The molecule has 1 heteroatoms. The van der Waals surface area contributed by atoms with E-state index >= 15 is 0 Å². The van der Waals surface area contributed by atoms with Gasteiger partial charge in [0.1, 0.15) is 0 Å². The predicted octanol–water partition coefficient (Wildman–Crippen LogP) is 5.52. The van der Waals surface area contributed by atoms with E-state index in [9.17, 15) is 0 Å². The molecule has 0 saturated carbocycles. The zero-order valence-corrected chi connectivity index (χ0v) is 11.4. The normalized spacial score (nSPS) is 19.7. The first kappa shape index (κ1) is 12.9. The Morgan fingerprint density at radius 3 is 2.20 bits per heavy atom. The monoisotopic (exact) mass is 224 g/mol. The molecular weight excluding hydrogens is 200 g/mol. The Kier molecular flexibility index (Phi) is 4.98. The van der Waals surface area contributed by atoms with Crippen molar-refractivity contribution in [1.82, 2.24) is 0 Å². The predicted molar refractivity (Wildman–Crippen MR) is 72.0 cm³/mol. The lowest BCUT2D eigenvalue weighted by atomic mass is 9.83. The fourth-order valence-corrected chi connectivity index (χ4v) is 3.52. The average Bonchev–Trinajstić information content (AvgIpc) is 2.10. The van der Waals surface area contributed by atoms with E-state index in [1.54, 1.807) is 0 Å². The molecular formula is C14H24S. The molecule has 0 nitrogen and oxygen atoms in total.